The van der Waals surface area contributed by atoms with Crippen molar-refractivity contribution in [2.75, 3.05) is 0 Å². The largest absolute Gasteiger partial charge is 0.309 e. The summed E-state index contributed by atoms with van der Waals surface area (Å²) in [6.45, 7) is 0. The maximum absolute atomic E-state index is 4.70. The van der Waals surface area contributed by atoms with Gasteiger partial charge < -0.3 is 4.57 Å². The SMILES string of the molecule is c1cc(-c2c(-c3ccncc3)cncc2-c2ccncc2)cc(-n2c3ccccc3c3cc4ccc5sc6ccccc6c5c4cc32)c1. The first-order chi connectivity index (χ1) is 23.8. The van der Waals surface area contributed by atoms with Gasteiger partial charge in [-0.25, -0.2) is 0 Å². The summed E-state index contributed by atoms with van der Waals surface area (Å²) in [5.74, 6) is 0. The molecule has 0 saturated carbocycles. The second kappa shape index (κ2) is 10.7. The minimum atomic E-state index is 1.06. The Kier molecular flexibility index (Phi) is 6.01. The smallest absolute Gasteiger partial charge is 0.0547 e. The van der Waals surface area contributed by atoms with Crippen LogP contribution in [0.2, 0.25) is 0 Å². The number of rotatable bonds is 4. The Morgan fingerprint density at radius 2 is 1.17 bits per heavy atom. The number of fused-ring (bicyclic) bond motifs is 8. The predicted octanol–water partition coefficient (Wildman–Crippen LogP) is 11.5. The highest BCUT2D eigenvalue weighted by atomic mass is 32.1. The molecule has 5 heteroatoms. The lowest BCUT2D eigenvalue weighted by molar-refractivity contribution is 1.18. The maximum Gasteiger partial charge on any atom is 0.0547 e. The molecule has 0 radical (unpaired) electrons. The van der Waals surface area contributed by atoms with Gasteiger partial charge in [0.25, 0.3) is 0 Å². The van der Waals surface area contributed by atoms with Crippen LogP contribution >= 0.6 is 11.3 Å². The standard InChI is InChI=1S/C43H26N4S/c1-3-10-38-32(8-1)35-23-29-12-13-41-43(33-9-2-4-11-40(33)48-41)34(29)24-39(35)47(38)31-7-5-6-30(22-31)42-36(27-14-18-44-19-15-27)25-46-26-37(42)28-16-20-45-21-17-28/h1-26H. The molecule has 0 spiro atoms. The molecule has 0 saturated heterocycles. The first kappa shape index (κ1) is 27.0. The van der Waals surface area contributed by atoms with Crippen LogP contribution in [0.25, 0.3) is 91.8 Å². The van der Waals surface area contributed by atoms with Crippen molar-refractivity contribution in [3.8, 4) is 39.1 Å². The van der Waals surface area contributed by atoms with Crippen LogP contribution in [0.15, 0.2) is 159 Å². The van der Waals surface area contributed by atoms with Gasteiger partial charge >= 0.3 is 0 Å². The zero-order valence-electron chi connectivity index (χ0n) is 25.7. The maximum atomic E-state index is 4.70. The van der Waals surface area contributed by atoms with E-state index in [2.05, 4.69) is 112 Å². The van der Waals surface area contributed by atoms with Crippen LogP contribution in [0.4, 0.5) is 0 Å². The Bertz CT molecular complexity index is 2780. The van der Waals surface area contributed by atoms with E-state index in [0.29, 0.717) is 0 Å². The molecule has 5 aromatic heterocycles. The molecule has 224 valence electrons. The summed E-state index contributed by atoms with van der Waals surface area (Å²) in [7, 11) is 0. The van der Waals surface area contributed by atoms with Crippen molar-refractivity contribution in [2.24, 2.45) is 0 Å². The van der Waals surface area contributed by atoms with Crippen LogP contribution in [0, 0.1) is 0 Å². The zero-order valence-corrected chi connectivity index (χ0v) is 26.5. The van der Waals surface area contributed by atoms with E-state index >= 15 is 0 Å². The third kappa shape index (κ3) is 4.11. The Morgan fingerprint density at radius 3 is 1.94 bits per heavy atom. The zero-order chi connectivity index (χ0) is 31.6. The molecule has 10 rings (SSSR count). The number of hydrogen-bond donors (Lipinski definition) is 0. The van der Waals surface area contributed by atoms with Crippen LogP contribution in [0.5, 0.6) is 0 Å². The van der Waals surface area contributed by atoms with Crippen LogP contribution in [0.1, 0.15) is 0 Å². The van der Waals surface area contributed by atoms with E-state index in [4.69, 9.17) is 4.98 Å². The quantitative estimate of drug-likeness (QED) is 0.194. The van der Waals surface area contributed by atoms with Gasteiger partial charge in [-0.2, -0.15) is 0 Å². The molecule has 0 aliphatic heterocycles. The molecular formula is C43H26N4S. The highest BCUT2D eigenvalue weighted by Gasteiger charge is 2.19. The lowest BCUT2D eigenvalue weighted by Gasteiger charge is -2.17. The minimum absolute atomic E-state index is 1.06. The molecule has 0 unspecified atom stereocenters. The molecule has 0 aliphatic carbocycles. The average molecular weight is 631 g/mol. The van der Waals surface area contributed by atoms with Crippen LogP contribution < -0.4 is 0 Å². The van der Waals surface area contributed by atoms with Crippen LogP contribution in [0.3, 0.4) is 0 Å². The highest BCUT2D eigenvalue weighted by Crippen LogP contribution is 2.43. The molecule has 0 fully saturated rings. The normalized spacial score (nSPS) is 11.8. The molecule has 10 aromatic rings. The molecular weight excluding hydrogens is 605 g/mol. The van der Waals surface area contributed by atoms with E-state index < -0.39 is 0 Å². The molecule has 0 bridgehead atoms. The van der Waals surface area contributed by atoms with Gasteiger partial charge in [0, 0.05) is 90.5 Å². The summed E-state index contributed by atoms with van der Waals surface area (Å²) in [5.41, 5.74) is 10.00. The van der Waals surface area contributed by atoms with Gasteiger partial charge in [0.15, 0.2) is 0 Å². The number of para-hydroxylation sites is 1. The molecule has 5 aromatic carbocycles. The molecule has 48 heavy (non-hydrogen) atoms. The molecule has 0 aliphatic rings. The van der Waals surface area contributed by atoms with Gasteiger partial charge in [0.2, 0.25) is 0 Å². The van der Waals surface area contributed by atoms with Gasteiger partial charge in [-0.3, -0.25) is 15.0 Å². The Labute approximate surface area is 280 Å². The summed E-state index contributed by atoms with van der Waals surface area (Å²) in [4.78, 5) is 13.3. The lowest BCUT2D eigenvalue weighted by Crippen LogP contribution is -1.97. The second-order valence-electron chi connectivity index (χ2n) is 12.1. The minimum Gasteiger partial charge on any atom is -0.309 e. The summed E-state index contributed by atoms with van der Waals surface area (Å²) < 4.78 is 5.07. The first-order valence-electron chi connectivity index (χ1n) is 16.0. The summed E-state index contributed by atoms with van der Waals surface area (Å²) in [5, 5.41) is 7.69. The van der Waals surface area contributed by atoms with E-state index in [-0.39, 0.29) is 0 Å². The third-order valence-corrected chi connectivity index (χ3v) is 10.6. The first-order valence-corrected chi connectivity index (χ1v) is 16.8. The number of benzene rings is 5. The fraction of sp³-hybridized carbons (Fsp3) is 0. The Hall–Kier alpha value is -6.17. The van der Waals surface area contributed by atoms with E-state index in [9.17, 15) is 0 Å². The highest BCUT2D eigenvalue weighted by molar-refractivity contribution is 7.26. The molecule has 0 atom stereocenters. The van der Waals surface area contributed by atoms with Gasteiger partial charge in [-0.1, -0.05) is 54.6 Å². The van der Waals surface area contributed by atoms with Crippen molar-refractivity contribution < 1.29 is 0 Å². The average Bonchev–Trinajstić information content (AvgIpc) is 3.70. The van der Waals surface area contributed by atoms with Gasteiger partial charge in [0.1, 0.15) is 0 Å². The molecule has 5 heterocycles. The van der Waals surface area contributed by atoms with Crippen molar-refractivity contribution in [3.05, 3.63) is 159 Å². The van der Waals surface area contributed by atoms with Gasteiger partial charge in [-0.05, 0) is 94.2 Å². The second-order valence-corrected chi connectivity index (χ2v) is 13.2. The van der Waals surface area contributed by atoms with E-state index in [1.165, 1.54) is 52.8 Å². The Balaban J connectivity index is 1.27. The van der Waals surface area contributed by atoms with Crippen molar-refractivity contribution >= 4 is 64.1 Å². The predicted molar refractivity (Wildman–Crippen MR) is 201 cm³/mol. The lowest BCUT2D eigenvalue weighted by atomic mass is 9.90. The third-order valence-electron chi connectivity index (χ3n) is 9.47. The summed E-state index contributed by atoms with van der Waals surface area (Å²) in [6.07, 6.45) is 11.3. The van der Waals surface area contributed by atoms with Crippen molar-refractivity contribution in [1.29, 1.82) is 0 Å². The number of pyridine rings is 3. The van der Waals surface area contributed by atoms with E-state index in [0.717, 1.165) is 39.1 Å². The monoisotopic (exact) mass is 630 g/mol. The van der Waals surface area contributed by atoms with Crippen molar-refractivity contribution in [2.45, 2.75) is 0 Å². The molecule has 0 N–H and O–H groups in total. The van der Waals surface area contributed by atoms with Crippen LogP contribution in [-0.2, 0) is 0 Å². The number of nitrogens with zero attached hydrogens (tertiary/aromatic N) is 4. The van der Waals surface area contributed by atoms with Crippen molar-refractivity contribution in [3.63, 3.8) is 0 Å². The Morgan fingerprint density at radius 1 is 0.458 bits per heavy atom. The molecule has 4 nitrogen and oxygen atoms in total. The topological polar surface area (TPSA) is 43.6 Å². The van der Waals surface area contributed by atoms with Gasteiger partial charge in [-0.15, -0.1) is 11.3 Å². The van der Waals surface area contributed by atoms with E-state index in [1.54, 1.807) is 0 Å². The summed E-state index contributed by atoms with van der Waals surface area (Å²) in [6, 6.07) is 44.0. The number of hydrogen-bond acceptors (Lipinski definition) is 4. The van der Waals surface area contributed by atoms with Crippen molar-refractivity contribution in [1.82, 2.24) is 19.5 Å². The summed E-state index contributed by atoms with van der Waals surface area (Å²) >= 11 is 1.87. The number of aromatic nitrogens is 4. The van der Waals surface area contributed by atoms with E-state index in [1.807, 2.05) is 72.8 Å². The number of thiophene rings is 1. The fourth-order valence-electron chi connectivity index (χ4n) is 7.36. The van der Waals surface area contributed by atoms with Crippen LogP contribution in [-0.4, -0.2) is 19.5 Å². The fourth-order valence-corrected chi connectivity index (χ4v) is 8.48. The molecule has 0 amide bonds. The van der Waals surface area contributed by atoms with Gasteiger partial charge in [0.05, 0.1) is 11.0 Å².